The van der Waals surface area contributed by atoms with Crippen molar-refractivity contribution in [2.24, 2.45) is 0 Å². The highest BCUT2D eigenvalue weighted by atomic mass is 32.2. The number of benzene rings is 3. The third-order valence-electron chi connectivity index (χ3n) is 5.66. The van der Waals surface area contributed by atoms with Crippen molar-refractivity contribution in [1.82, 2.24) is 5.32 Å². The van der Waals surface area contributed by atoms with E-state index in [1.807, 2.05) is 49.4 Å². The number of nitrogens with one attached hydrogen (secondary N) is 3. The van der Waals surface area contributed by atoms with Crippen LogP contribution in [0.3, 0.4) is 0 Å². The largest absolute Gasteiger partial charge is 0.497 e. The molecule has 0 saturated heterocycles. The predicted octanol–water partition coefficient (Wildman–Crippen LogP) is 3.28. The molecule has 1 unspecified atom stereocenters. The van der Waals surface area contributed by atoms with E-state index >= 15 is 0 Å². The van der Waals surface area contributed by atoms with E-state index < -0.39 is 21.8 Å². The van der Waals surface area contributed by atoms with Gasteiger partial charge in [-0.3, -0.25) is 9.59 Å². The summed E-state index contributed by atoms with van der Waals surface area (Å²) in [6, 6.07) is 18.6. The zero-order valence-corrected chi connectivity index (χ0v) is 20.3. The van der Waals surface area contributed by atoms with Crippen molar-refractivity contribution >= 4 is 33.0 Å². The van der Waals surface area contributed by atoms with Crippen LogP contribution in [-0.2, 0) is 26.9 Å². The molecule has 0 bridgehead atoms. The molecule has 1 aliphatic heterocycles. The van der Waals surface area contributed by atoms with Gasteiger partial charge in [-0.15, -0.1) is 0 Å². The van der Waals surface area contributed by atoms with Gasteiger partial charge in [-0.2, -0.15) is 0 Å². The molecule has 0 fully saturated rings. The number of hydrogen-bond acceptors (Lipinski definition) is 6. The lowest BCUT2D eigenvalue weighted by atomic mass is 10.1. The second-order valence-corrected chi connectivity index (χ2v) is 10.6. The molecule has 4 rings (SSSR count). The van der Waals surface area contributed by atoms with Gasteiger partial charge in [-0.25, -0.2) is 8.42 Å². The highest BCUT2D eigenvalue weighted by Crippen LogP contribution is 2.28. The second kappa shape index (κ2) is 10.2. The Hall–Kier alpha value is -3.85. The van der Waals surface area contributed by atoms with Gasteiger partial charge in [-0.05, 0) is 48.4 Å². The van der Waals surface area contributed by atoms with Crippen molar-refractivity contribution in [3.8, 4) is 5.75 Å². The molecule has 1 aliphatic rings. The molecule has 1 atom stereocenters. The maximum absolute atomic E-state index is 12.7. The molecule has 2 amide bonds. The molecule has 3 N–H and O–H groups in total. The van der Waals surface area contributed by atoms with Gasteiger partial charge in [0.05, 0.1) is 30.0 Å². The smallest absolute Gasteiger partial charge is 0.251 e. The fourth-order valence-corrected chi connectivity index (χ4v) is 5.49. The lowest BCUT2D eigenvalue weighted by Crippen LogP contribution is -2.43. The van der Waals surface area contributed by atoms with Crippen LogP contribution in [-0.4, -0.2) is 39.1 Å². The zero-order chi connectivity index (χ0) is 25.0. The van der Waals surface area contributed by atoms with E-state index in [1.165, 1.54) is 0 Å². The first-order valence-corrected chi connectivity index (χ1v) is 12.9. The molecular weight excluding hydrogens is 466 g/mol. The number of amides is 2. The summed E-state index contributed by atoms with van der Waals surface area (Å²) in [5, 5.41) is 8.57. The summed E-state index contributed by atoms with van der Waals surface area (Å²) in [7, 11) is -1.96. The Morgan fingerprint density at radius 1 is 1.00 bits per heavy atom. The number of anilines is 2. The van der Waals surface area contributed by atoms with Gasteiger partial charge in [0.1, 0.15) is 11.8 Å². The predicted molar refractivity (Wildman–Crippen MR) is 135 cm³/mol. The van der Waals surface area contributed by atoms with Crippen molar-refractivity contribution < 1.29 is 22.7 Å². The maximum atomic E-state index is 12.7. The Balaban J connectivity index is 1.40. The van der Waals surface area contributed by atoms with Crippen molar-refractivity contribution in [3.63, 3.8) is 0 Å². The van der Waals surface area contributed by atoms with Crippen LogP contribution in [0, 0.1) is 6.92 Å². The number of aryl methyl sites for hydroxylation is 1. The number of carbonyl (C=O) groups is 2. The van der Waals surface area contributed by atoms with Gasteiger partial charge in [0.2, 0.25) is 5.91 Å². The minimum absolute atomic E-state index is 0.139. The van der Waals surface area contributed by atoms with Crippen molar-refractivity contribution in [1.29, 1.82) is 0 Å². The molecule has 0 aromatic heterocycles. The van der Waals surface area contributed by atoms with Gasteiger partial charge in [-0.1, -0.05) is 42.0 Å². The van der Waals surface area contributed by atoms with E-state index in [9.17, 15) is 18.0 Å². The van der Waals surface area contributed by atoms with Crippen LogP contribution in [0.5, 0.6) is 5.75 Å². The minimum atomic E-state index is -3.54. The fraction of sp³-hybridized carbons (Fsp3) is 0.231. The third-order valence-corrected chi connectivity index (χ3v) is 7.28. The van der Waals surface area contributed by atoms with E-state index in [2.05, 4.69) is 16.0 Å². The van der Waals surface area contributed by atoms with E-state index in [0.717, 1.165) is 11.1 Å². The van der Waals surface area contributed by atoms with Gasteiger partial charge < -0.3 is 20.7 Å². The van der Waals surface area contributed by atoms with Gasteiger partial charge in [0.15, 0.2) is 9.84 Å². The van der Waals surface area contributed by atoms with Crippen LogP contribution in [0.2, 0.25) is 0 Å². The van der Waals surface area contributed by atoms with Crippen LogP contribution in [0.15, 0.2) is 66.7 Å². The summed E-state index contributed by atoms with van der Waals surface area (Å²) in [5.41, 5.74) is 3.91. The van der Waals surface area contributed by atoms with Crippen molar-refractivity contribution in [3.05, 3.63) is 89.0 Å². The first kappa shape index (κ1) is 24.3. The van der Waals surface area contributed by atoms with Crippen molar-refractivity contribution in [2.45, 2.75) is 25.3 Å². The first-order chi connectivity index (χ1) is 16.7. The molecule has 182 valence electrons. The number of rotatable bonds is 8. The number of sulfone groups is 1. The number of ether oxygens (including phenoxy) is 1. The summed E-state index contributed by atoms with van der Waals surface area (Å²) in [4.78, 5) is 25.3. The maximum Gasteiger partial charge on any atom is 0.251 e. The zero-order valence-electron chi connectivity index (χ0n) is 19.5. The summed E-state index contributed by atoms with van der Waals surface area (Å²) in [6.45, 7) is 2.22. The highest BCUT2D eigenvalue weighted by molar-refractivity contribution is 7.90. The van der Waals surface area contributed by atoms with Gasteiger partial charge in [0, 0.05) is 12.1 Å². The van der Waals surface area contributed by atoms with Crippen LogP contribution in [0.1, 0.15) is 27.0 Å². The SMILES string of the molecule is COc1cccc(CNC(=O)c2ccc3c(c2)NC(=O)C(CS(=O)(=O)Cc2cccc(C)c2)N3)c1. The topological polar surface area (TPSA) is 114 Å². The number of methoxy groups -OCH3 is 1. The molecule has 35 heavy (non-hydrogen) atoms. The van der Waals surface area contributed by atoms with E-state index in [4.69, 9.17) is 4.74 Å². The Morgan fingerprint density at radius 3 is 2.54 bits per heavy atom. The van der Waals surface area contributed by atoms with Crippen LogP contribution in [0.25, 0.3) is 0 Å². The Labute approximate surface area is 204 Å². The molecular formula is C26H27N3O5S. The summed E-state index contributed by atoms with van der Waals surface area (Å²) < 4.78 is 30.7. The molecule has 8 nitrogen and oxygen atoms in total. The van der Waals surface area contributed by atoms with Crippen LogP contribution in [0.4, 0.5) is 11.4 Å². The molecule has 1 heterocycles. The lowest BCUT2D eigenvalue weighted by Gasteiger charge is -2.27. The van der Waals surface area contributed by atoms with Crippen molar-refractivity contribution in [2.75, 3.05) is 23.5 Å². The minimum Gasteiger partial charge on any atom is -0.497 e. The normalized spacial score (nSPS) is 14.9. The Kier molecular flexibility index (Phi) is 7.07. The van der Waals surface area contributed by atoms with Crippen LogP contribution < -0.4 is 20.7 Å². The Morgan fingerprint density at radius 2 is 1.77 bits per heavy atom. The summed E-state index contributed by atoms with van der Waals surface area (Å²) in [6.07, 6.45) is 0. The molecule has 0 saturated carbocycles. The quantitative estimate of drug-likeness (QED) is 0.444. The standard InChI is InChI=1S/C26H27N3O5S/c1-17-5-3-7-19(11-17)15-35(32,33)16-24-26(31)29-23-13-20(9-10-22(23)28-24)25(30)27-14-18-6-4-8-21(12-18)34-2/h3-13,24,28H,14-16H2,1-2H3,(H,27,30)(H,29,31). The van der Waals surface area contributed by atoms with Gasteiger partial charge >= 0.3 is 0 Å². The van der Waals surface area contributed by atoms with E-state index in [1.54, 1.807) is 31.4 Å². The summed E-state index contributed by atoms with van der Waals surface area (Å²) >= 11 is 0. The van der Waals surface area contributed by atoms with Gasteiger partial charge in [0.25, 0.3) is 5.91 Å². The number of carbonyl (C=O) groups excluding carboxylic acids is 2. The molecule has 9 heteroatoms. The number of hydrogen-bond donors (Lipinski definition) is 3. The molecule has 0 spiro atoms. The third kappa shape index (κ3) is 6.19. The first-order valence-electron chi connectivity index (χ1n) is 11.1. The number of fused-ring (bicyclic) bond motifs is 1. The average molecular weight is 494 g/mol. The summed E-state index contributed by atoms with van der Waals surface area (Å²) in [5.74, 6) is -0.532. The lowest BCUT2D eigenvalue weighted by molar-refractivity contribution is -0.116. The van der Waals surface area contributed by atoms with E-state index in [-0.39, 0.29) is 17.4 Å². The molecule has 3 aromatic rings. The molecule has 0 aliphatic carbocycles. The average Bonchev–Trinajstić information content (AvgIpc) is 2.82. The fourth-order valence-electron chi connectivity index (χ4n) is 3.94. The molecule has 0 radical (unpaired) electrons. The van der Waals surface area contributed by atoms with E-state index in [0.29, 0.717) is 34.8 Å². The molecule has 3 aromatic carbocycles. The monoisotopic (exact) mass is 493 g/mol. The Bertz CT molecular complexity index is 1370. The van der Waals surface area contributed by atoms with Crippen LogP contribution >= 0.6 is 0 Å². The second-order valence-electron chi connectivity index (χ2n) is 8.52. The highest BCUT2D eigenvalue weighted by Gasteiger charge is 2.30.